The fourth-order valence-electron chi connectivity index (χ4n) is 3.29. The summed E-state index contributed by atoms with van der Waals surface area (Å²) in [7, 11) is 0. The summed E-state index contributed by atoms with van der Waals surface area (Å²) in [6.45, 7) is 5.88. The molecule has 2 aromatic rings. The molecule has 1 aliphatic rings. The number of guanidine groups is 1. The second-order valence-corrected chi connectivity index (χ2v) is 7.07. The second kappa shape index (κ2) is 13.2. The Morgan fingerprint density at radius 1 is 1.33 bits per heavy atom. The number of aliphatic imine (C=N–C) groups is 1. The zero-order valence-electron chi connectivity index (χ0n) is 17.5. The number of hydrogen-bond acceptors (Lipinski definition) is 5. The quantitative estimate of drug-likeness (QED) is 0.199. The van der Waals surface area contributed by atoms with Crippen LogP contribution in [-0.2, 0) is 11.2 Å². The van der Waals surface area contributed by atoms with E-state index in [-0.39, 0.29) is 29.9 Å². The lowest BCUT2D eigenvalue weighted by Gasteiger charge is -2.20. The predicted molar refractivity (Wildman–Crippen MR) is 127 cm³/mol. The van der Waals surface area contributed by atoms with Crippen LogP contribution in [0, 0.1) is 0 Å². The van der Waals surface area contributed by atoms with Gasteiger partial charge in [0.25, 0.3) is 0 Å². The van der Waals surface area contributed by atoms with Gasteiger partial charge in [0, 0.05) is 45.6 Å². The van der Waals surface area contributed by atoms with Gasteiger partial charge in [0.1, 0.15) is 5.82 Å². The van der Waals surface area contributed by atoms with E-state index < -0.39 is 0 Å². The molecule has 9 nitrogen and oxygen atoms in total. The van der Waals surface area contributed by atoms with Crippen molar-refractivity contribution in [3.8, 4) is 11.6 Å². The minimum atomic E-state index is 0. The molecule has 3 rings (SSSR count). The molecule has 3 heterocycles. The Balaban J connectivity index is 0.00000320. The van der Waals surface area contributed by atoms with Gasteiger partial charge in [-0.15, -0.1) is 24.0 Å². The molecule has 0 radical (unpaired) electrons. The van der Waals surface area contributed by atoms with E-state index in [2.05, 4.69) is 30.8 Å². The molecule has 0 spiro atoms. The highest BCUT2D eigenvalue weighted by molar-refractivity contribution is 14.0. The summed E-state index contributed by atoms with van der Waals surface area (Å²) < 4.78 is 5.31. The molecule has 1 amide bonds. The monoisotopic (exact) mass is 529 g/mol. The van der Waals surface area contributed by atoms with Crippen LogP contribution < -0.4 is 10.6 Å². The van der Waals surface area contributed by atoms with Crippen molar-refractivity contribution in [3.63, 3.8) is 0 Å². The first-order valence-corrected chi connectivity index (χ1v) is 10.5. The summed E-state index contributed by atoms with van der Waals surface area (Å²) >= 11 is 0. The molecule has 2 aromatic heterocycles. The van der Waals surface area contributed by atoms with Crippen molar-refractivity contribution in [2.45, 2.75) is 45.4 Å². The number of carbonyl (C=O) groups is 1. The van der Waals surface area contributed by atoms with E-state index in [1.807, 2.05) is 24.0 Å². The Morgan fingerprint density at radius 3 is 3.03 bits per heavy atom. The SMILES string of the molecule is CCNC(=NCCCN1CCCCCC1=O)NCCc1nc(-c2ccco2)n[nH]1.I. The van der Waals surface area contributed by atoms with E-state index in [9.17, 15) is 4.79 Å². The maximum atomic E-state index is 12.0. The molecule has 0 bridgehead atoms. The number of rotatable bonds is 9. The predicted octanol–water partition coefficient (Wildman–Crippen LogP) is 2.57. The summed E-state index contributed by atoms with van der Waals surface area (Å²) in [5, 5.41) is 13.7. The van der Waals surface area contributed by atoms with E-state index >= 15 is 0 Å². The van der Waals surface area contributed by atoms with Gasteiger partial charge in [-0.1, -0.05) is 6.42 Å². The van der Waals surface area contributed by atoms with Crippen molar-refractivity contribution >= 4 is 35.8 Å². The molecular formula is C20H32IN7O2. The molecule has 3 N–H and O–H groups in total. The molecule has 10 heteroatoms. The van der Waals surface area contributed by atoms with Gasteiger partial charge >= 0.3 is 0 Å². The summed E-state index contributed by atoms with van der Waals surface area (Å²) in [5.74, 6) is 3.07. The number of nitrogens with one attached hydrogen (secondary N) is 3. The number of aromatic nitrogens is 3. The molecule has 0 aromatic carbocycles. The lowest BCUT2D eigenvalue weighted by molar-refractivity contribution is -0.130. The van der Waals surface area contributed by atoms with Gasteiger partial charge < -0.3 is 20.0 Å². The molecule has 0 unspecified atom stereocenters. The first kappa shape index (κ1) is 24.2. The van der Waals surface area contributed by atoms with Crippen LogP contribution in [0.3, 0.4) is 0 Å². The van der Waals surface area contributed by atoms with E-state index in [1.54, 1.807) is 6.26 Å². The highest BCUT2D eigenvalue weighted by Crippen LogP contribution is 2.14. The third-order valence-electron chi connectivity index (χ3n) is 4.80. The number of carbonyl (C=O) groups excluding carboxylic acids is 1. The first-order valence-electron chi connectivity index (χ1n) is 10.5. The summed E-state index contributed by atoms with van der Waals surface area (Å²) in [4.78, 5) is 23.1. The minimum Gasteiger partial charge on any atom is -0.461 e. The lowest BCUT2D eigenvalue weighted by Crippen LogP contribution is -2.38. The van der Waals surface area contributed by atoms with Gasteiger partial charge in [0.2, 0.25) is 11.7 Å². The number of furan rings is 1. The van der Waals surface area contributed by atoms with Crippen molar-refractivity contribution in [2.24, 2.45) is 4.99 Å². The fraction of sp³-hybridized carbons (Fsp3) is 0.600. The Morgan fingerprint density at radius 2 is 2.23 bits per heavy atom. The average Bonchev–Trinajstić information content (AvgIpc) is 3.37. The van der Waals surface area contributed by atoms with Crippen LogP contribution in [0.4, 0.5) is 0 Å². The Hall–Kier alpha value is -2.11. The summed E-state index contributed by atoms with van der Waals surface area (Å²) in [6, 6.07) is 3.65. The molecule has 1 aliphatic heterocycles. The number of amides is 1. The number of H-pyrrole nitrogens is 1. The van der Waals surface area contributed by atoms with Crippen LogP contribution in [0.15, 0.2) is 27.8 Å². The smallest absolute Gasteiger partial charge is 0.222 e. The molecular weight excluding hydrogens is 497 g/mol. The van der Waals surface area contributed by atoms with Crippen molar-refractivity contribution in [1.82, 2.24) is 30.7 Å². The maximum Gasteiger partial charge on any atom is 0.222 e. The number of aromatic amines is 1. The third kappa shape index (κ3) is 7.62. The maximum absolute atomic E-state index is 12.0. The molecule has 166 valence electrons. The van der Waals surface area contributed by atoms with Crippen molar-refractivity contribution in [2.75, 3.05) is 32.7 Å². The van der Waals surface area contributed by atoms with Crippen molar-refractivity contribution < 1.29 is 9.21 Å². The second-order valence-electron chi connectivity index (χ2n) is 7.07. The number of likely N-dealkylation sites (tertiary alicyclic amines) is 1. The van der Waals surface area contributed by atoms with E-state index in [4.69, 9.17) is 4.42 Å². The Labute approximate surface area is 194 Å². The van der Waals surface area contributed by atoms with Gasteiger partial charge in [-0.3, -0.25) is 14.9 Å². The first-order chi connectivity index (χ1) is 14.3. The molecule has 30 heavy (non-hydrogen) atoms. The Kier molecular flexibility index (Phi) is 10.7. The Bertz CT molecular complexity index is 776. The number of nitrogens with zero attached hydrogens (tertiary/aromatic N) is 4. The van der Waals surface area contributed by atoms with Crippen molar-refractivity contribution in [3.05, 3.63) is 24.2 Å². The molecule has 1 saturated heterocycles. The number of hydrogen-bond donors (Lipinski definition) is 3. The lowest BCUT2D eigenvalue weighted by atomic mass is 10.2. The molecule has 1 fully saturated rings. The van der Waals surface area contributed by atoms with Crippen molar-refractivity contribution in [1.29, 1.82) is 0 Å². The molecule has 0 saturated carbocycles. The minimum absolute atomic E-state index is 0. The van der Waals surface area contributed by atoms with Gasteiger partial charge in [-0.25, -0.2) is 4.98 Å². The standard InChI is InChI=1S/C20H31N7O2.HI/c1-2-21-20(22-11-7-14-27-13-5-3-4-9-18(27)28)23-12-10-17-24-19(26-25-17)16-8-6-15-29-16;/h6,8,15H,2-5,7,9-14H2,1H3,(H2,21,22,23)(H,24,25,26);1H. The van der Waals surface area contributed by atoms with Gasteiger partial charge in [-0.05, 0) is 38.3 Å². The normalized spacial score (nSPS) is 14.9. The van der Waals surface area contributed by atoms with Crippen LogP contribution in [0.25, 0.3) is 11.6 Å². The highest BCUT2D eigenvalue weighted by atomic mass is 127. The average molecular weight is 529 g/mol. The summed E-state index contributed by atoms with van der Waals surface area (Å²) in [6.07, 6.45) is 7.16. The third-order valence-corrected chi connectivity index (χ3v) is 4.80. The zero-order valence-corrected chi connectivity index (χ0v) is 19.9. The fourth-order valence-corrected chi connectivity index (χ4v) is 3.29. The topological polar surface area (TPSA) is 111 Å². The van der Waals surface area contributed by atoms with Crippen LogP contribution >= 0.6 is 24.0 Å². The largest absolute Gasteiger partial charge is 0.461 e. The zero-order chi connectivity index (χ0) is 20.3. The van der Waals surface area contributed by atoms with E-state index in [0.29, 0.717) is 37.5 Å². The summed E-state index contributed by atoms with van der Waals surface area (Å²) in [5.41, 5.74) is 0. The molecule has 0 aliphatic carbocycles. The van der Waals surface area contributed by atoms with E-state index in [1.165, 1.54) is 0 Å². The van der Waals surface area contributed by atoms with E-state index in [0.717, 1.165) is 57.1 Å². The van der Waals surface area contributed by atoms with Crippen LogP contribution in [0.5, 0.6) is 0 Å². The number of halogens is 1. The van der Waals surface area contributed by atoms with Crippen LogP contribution in [-0.4, -0.2) is 64.7 Å². The highest BCUT2D eigenvalue weighted by Gasteiger charge is 2.15. The van der Waals surface area contributed by atoms with Gasteiger partial charge in [-0.2, -0.15) is 5.10 Å². The van der Waals surface area contributed by atoms with Crippen LogP contribution in [0.2, 0.25) is 0 Å². The molecule has 0 atom stereocenters. The van der Waals surface area contributed by atoms with Crippen LogP contribution in [0.1, 0.15) is 44.9 Å². The van der Waals surface area contributed by atoms with Gasteiger partial charge in [0.15, 0.2) is 11.7 Å². The van der Waals surface area contributed by atoms with Gasteiger partial charge in [0.05, 0.1) is 6.26 Å².